The van der Waals surface area contributed by atoms with Gasteiger partial charge in [0.25, 0.3) is 0 Å². The molecule has 1 atom stereocenters. The van der Waals surface area contributed by atoms with Crippen molar-refractivity contribution in [1.29, 1.82) is 0 Å². The summed E-state index contributed by atoms with van der Waals surface area (Å²) in [4.78, 5) is 17.1. The summed E-state index contributed by atoms with van der Waals surface area (Å²) in [6, 6.07) is 4.04. The van der Waals surface area contributed by atoms with Crippen LogP contribution in [-0.2, 0) is 11.3 Å². The first-order chi connectivity index (χ1) is 7.38. The second-order valence-corrected chi connectivity index (χ2v) is 4.13. The molecule has 1 fully saturated rings. The number of hydrogen-bond donors (Lipinski definition) is 0. The van der Waals surface area contributed by atoms with Crippen LogP contribution in [0.3, 0.4) is 0 Å². The van der Waals surface area contributed by atoms with Crippen LogP contribution >= 0.6 is 0 Å². The molecule has 0 saturated carbocycles. The summed E-state index contributed by atoms with van der Waals surface area (Å²) in [6.07, 6.45) is 6.95. The highest BCUT2D eigenvalue weighted by Crippen LogP contribution is 2.16. The van der Waals surface area contributed by atoms with Gasteiger partial charge in [0.05, 0.1) is 0 Å². The van der Waals surface area contributed by atoms with E-state index in [4.69, 9.17) is 0 Å². The summed E-state index contributed by atoms with van der Waals surface area (Å²) in [5.74, 6) is 0.232. The Labute approximate surface area is 90.1 Å². The number of aldehydes is 1. The van der Waals surface area contributed by atoms with Crippen molar-refractivity contribution in [2.24, 2.45) is 5.92 Å². The number of likely N-dealkylation sites (tertiary alicyclic amines) is 1. The first-order valence-electron chi connectivity index (χ1n) is 5.45. The van der Waals surface area contributed by atoms with Gasteiger partial charge < -0.3 is 4.79 Å². The smallest absolute Gasteiger partial charge is 0.124 e. The second kappa shape index (κ2) is 5.03. The SMILES string of the molecule is O=CC1CCCN(Cc2cccnc2)C1. The molecule has 1 aromatic heterocycles. The Morgan fingerprint density at radius 2 is 2.53 bits per heavy atom. The molecule has 0 N–H and O–H groups in total. The highest BCUT2D eigenvalue weighted by atomic mass is 16.1. The number of carbonyl (C=O) groups is 1. The molecule has 0 amide bonds. The van der Waals surface area contributed by atoms with Crippen molar-refractivity contribution in [3.05, 3.63) is 30.1 Å². The summed E-state index contributed by atoms with van der Waals surface area (Å²) in [7, 11) is 0. The molecule has 1 aliphatic heterocycles. The number of piperidine rings is 1. The third kappa shape index (κ3) is 2.86. The zero-order chi connectivity index (χ0) is 10.5. The van der Waals surface area contributed by atoms with E-state index in [1.165, 1.54) is 5.56 Å². The first-order valence-corrected chi connectivity index (χ1v) is 5.45. The lowest BCUT2D eigenvalue weighted by Crippen LogP contribution is -2.35. The summed E-state index contributed by atoms with van der Waals surface area (Å²) in [5.41, 5.74) is 1.23. The maximum atomic E-state index is 10.7. The highest BCUT2D eigenvalue weighted by molar-refractivity contribution is 5.53. The molecule has 80 valence electrons. The van der Waals surface area contributed by atoms with E-state index in [1.807, 2.05) is 12.3 Å². The minimum atomic E-state index is 0.232. The Hall–Kier alpha value is -1.22. The fraction of sp³-hybridized carbons (Fsp3) is 0.500. The van der Waals surface area contributed by atoms with E-state index in [1.54, 1.807) is 6.20 Å². The molecular formula is C12H16N2O. The molecule has 2 rings (SSSR count). The molecular weight excluding hydrogens is 188 g/mol. The number of rotatable bonds is 3. The van der Waals surface area contributed by atoms with Gasteiger partial charge in [-0.3, -0.25) is 9.88 Å². The van der Waals surface area contributed by atoms with Gasteiger partial charge >= 0.3 is 0 Å². The molecule has 0 aromatic carbocycles. The third-order valence-corrected chi connectivity index (χ3v) is 2.86. The molecule has 1 saturated heterocycles. The molecule has 2 heterocycles. The Kier molecular flexibility index (Phi) is 3.45. The van der Waals surface area contributed by atoms with E-state index in [9.17, 15) is 4.79 Å². The highest BCUT2D eigenvalue weighted by Gasteiger charge is 2.18. The van der Waals surface area contributed by atoms with Gasteiger partial charge in [-0.1, -0.05) is 6.07 Å². The van der Waals surface area contributed by atoms with Crippen LogP contribution < -0.4 is 0 Å². The minimum Gasteiger partial charge on any atom is -0.303 e. The van der Waals surface area contributed by atoms with Crippen molar-refractivity contribution in [3.8, 4) is 0 Å². The molecule has 1 aromatic rings. The van der Waals surface area contributed by atoms with E-state index >= 15 is 0 Å². The van der Waals surface area contributed by atoms with Crippen LogP contribution in [0.5, 0.6) is 0 Å². The van der Waals surface area contributed by atoms with E-state index < -0.39 is 0 Å². The van der Waals surface area contributed by atoms with Crippen molar-refractivity contribution in [2.75, 3.05) is 13.1 Å². The van der Waals surface area contributed by atoms with Crippen LogP contribution in [-0.4, -0.2) is 29.3 Å². The molecule has 0 aliphatic carbocycles. The fourth-order valence-electron chi connectivity index (χ4n) is 2.10. The fourth-order valence-corrected chi connectivity index (χ4v) is 2.10. The lowest BCUT2D eigenvalue weighted by molar-refractivity contribution is -0.112. The van der Waals surface area contributed by atoms with E-state index in [0.29, 0.717) is 0 Å². The predicted molar refractivity (Wildman–Crippen MR) is 58.3 cm³/mol. The third-order valence-electron chi connectivity index (χ3n) is 2.86. The van der Waals surface area contributed by atoms with Crippen LogP contribution in [0.15, 0.2) is 24.5 Å². The molecule has 3 heteroatoms. The largest absolute Gasteiger partial charge is 0.303 e. The van der Waals surface area contributed by atoms with E-state index in [2.05, 4.69) is 16.0 Å². The molecule has 0 radical (unpaired) electrons. The quantitative estimate of drug-likeness (QED) is 0.699. The summed E-state index contributed by atoms with van der Waals surface area (Å²) < 4.78 is 0. The lowest BCUT2D eigenvalue weighted by Gasteiger charge is -2.29. The average molecular weight is 204 g/mol. The number of aromatic nitrogens is 1. The van der Waals surface area contributed by atoms with Crippen LogP contribution in [0.1, 0.15) is 18.4 Å². The van der Waals surface area contributed by atoms with Crippen LogP contribution in [0.4, 0.5) is 0 Å². The Balaban J connectivity index is 1.92. The molecule has 3 nitrogen and oxygen atoms in total. The molecule has 0 spiro atoms. The molecule has 15 heavy (non-hydrogen) atoms. The van der Waals surface area contributed by atoms with Gasteiger partial charge in [0.1, 0.15) is 6.29 Å². The number of nitrogens with zero attached hydrogens (tertiary/aromatic N) is 2. The van der Waals surface area contributed by atoms with E-state index in [0.717, 1.165) is 38.8 Å². The monoisotopic (exact) mass is 204 g/mol. The molecule has 1 aliphatic rings. The van der Waals surface area contributed by atoms with Gasteiger partial charge in [-0.05, 0) is 31.0 Å². The number of carbonyl (C=O) groups excluding carboxylic acids is 1. The molecule has 1 unspecified atom stereocenters. The second-order valence-electron chi connectivity index (χ2n) is 4.13. The zero-order valence-electron chi connectivity index (χ0n) is 8.80. The number of hydrogen-bond acceptors (Lipinski definition) is 3. The van der Waals surface area contributed by atoms with Crippen molar-refractivity contribution in [3.63, 3.8) is 0 Å². The van der Waals surface area contributed by atoms with Crippen molar-refractivity contribution in [2.45, 2.75) is 19.4 Å². The van der Waals surface area contributed by atoms with E-state index in [-0.39, 0.29) is 5.92 Å². The summed E-state index contributed by atoms with van der Waals surface area (Å²) in [6.45, 7) is 2.91. The lowest BCUT2D eigenvalue weighted by atomic mass is 9.99. The Morgan fingerprint density at radius 3 is 3.27 bits per heavy atom. The average Bonchev–Trinajstić information content (AvgIpc) is 2.31. The van der Waals surface area contributed by atoms with Gasteiger partial charge in [0.2, 0.25) is 0 Å². The van der Waals surface area contributed by atoms with Gasteiger partial charge in [-0.25, -0.2) is 0 Å². The van der Waals surface area contributed by atoms with Gasteiger partial charge in [-0.2, -0.15) is 0 Å². The van der Waals surface area contributed by atoms with Gasteiger partial charge in [0.15, 0.2) is 0 Å². The molecule has 0 bridgehead atoms. The van der Waals surface area contributed by atoms with Crippen molar-refractivity contribution in [1.82, 2.24) is 9.88 Å². The van der Waals surface area contributed by atoms with Crippen LogP contribution in [0.2, 0.25) is 0 Å². The van der Waals surface area contributed by atoms with Crippen molar-refractivity contribution >= 4 is 6.29 Å². The predicted octanol–water partition coefficient (Wildman–Crippen LogP) is 1.49. The number of pyridine rings is 1. The first kappa shape index (κ1) is 10.3. The van der Waals surface area contributed by atoms with Crippen LogP contribution in [0.25, 0.3) is 0 Å². The standard InChI is InChI=1S/C12H16N2O/c15-10-12-4-2-6-14(9-12)8-11-3-1-5-13-7-11/h1,3,5,7,10,12H,2,4,6,8-9H2. The van der Waals surface area contributed by atoms with Gasteiger partial charge in [-0.15, -0.1) is 0 Å². The maximum absolute atomic E-state index is 10.7. The Morgan fingerprint density at radius 1 is 1.60 bits per heavy atom. The summed E-state index contributed by atoms with van der Waals surface area (Å²) >= 11 is 0. The summed E-state index contributed by atoms with van der Waals surface area (Å²) in [5, 5.41) is 0. The van der Waals surface area contributed by atoms with Crippen molar-refractivity contribution < 1.29 is 4.79 Å². The maximum Gasteiger partial charge on any atom is 0.124 e. The zero-order valence-corrected chi connectivity index (χ0v) is 8.80. The normalized spacial score (nSPS) is 22.5. The van der Waals surface area contributed by atoms with Crippen LogP contribution in [0, 0.1) is 5.92 Å². The minimum absolute atomic E-state index is 0.232. The van der Waals surface area contributed by atoms with Gasteiger partial charge in [0, 0.05) is 31.4 Å². The Bertz CT molecular complexity index is 313. The topological polar surface area (TPSA) is 33.2 Å².